The number of aliphatic hydroxyl groups is 2. The van der Waals surface area contributed by atoms with Gasteiger partial charge in [-0.15, -0.1) is 0 Å². The van der Waals surface area contributed by atoms with Crippen molar-refractivity contribution in [2.45, 2.75) is 150 Å². The van der Waals surface area contributed by atoms with E-state index in [9.17, 15) is 81.3 Å². The number of carbonyl (C=O) groups excluding carboxylic acids is 2. The first-order valence-electron chi connectivity index (χ1n) is 24.0. The van der Waals surface area contributed by atoms with Crippen LogP contribution in [0.3, 0.4) is 0 Å². The molecule has 8 nitrogen and oxygen atoms in total. The molecule has 4 aromatic rings. The van der Waals surface area contributed by atoms with Gasteiger partial charge >= 0.3 is 24.7 Å². The number of hydrogen-bond donors (Lipinski definition) is 3. The number of nitrogens with zero attached hydrogens (tertiary/aromatic N) is 1. The van der Waals surface area contributed by atoms with E-state index in [0.717, 1.165) is 0 Å². The maximum atomic E-state index is 13.7. The topological polar surface area (TPSA) is 108 Å². The van der Waals surface area contributed by atoms with Crippen LogP contribution in [0, 0.1) is 23.5 Å². The molecule has 75 heavy (non-hydrogen) atoms. The highest BCUT2D eigenvalue weighted by molar-refractivity contribution is 5.87. The van der Waals surface area contributed by atoms with Gasteiger partial charge in [-0.2, -0.15) is 52.7 Å². The van der Waals surface area contributed by atoms with Crippen LogP contribution < -0.4 is 5.32 Å². The van der Waals surface area contributed by atoms with Gasteiger partial charge in [-0.3, -0.25) is 9.59 Å². The fraction of sp³-hybridized carbons (Fsp3) is 0.509. The first kappa shape index (κ1) is 57.4. The largest absolute Gasteiger partial charge is 0.416 e. The highest BCUT2D eigenvalue weighted by atomic mass is 19.4. The molecule has 2 aliphatic heterocycles. The Morgan fingerprint density at radius 1 is 0.560 bits per heavy atom. The van der Waals surface area contributed by atoms with Crippen LogP contribution in [0.25, 0.3) is 0 Å². The molecule has 2 amide bonds. The number of carbonyl (C=O) groups is 2. The van der Waals surface area contributed by atoms with Crippen molar-refractivity contribution < 1.29 is 90.7 Å². The fourth-order valence-corrected chi connectivity index (χ4v) is 11.3. The number of nitrogens with one attached hydrogen (secondary N) is 1. The lowest BCUT2D eigenvalue weighted by atomic mass is 9.81. The van der Waals surface area contributed by atoms with Gasteiger partial charge in [0.25, 0.3) is 11.8 Å². The first-order valence-corrected chi connectivity index (χ1v) is 24.0. The van der Waals surface area contributed by atoms with Crippen molar-refractivity contribution in [3.63, 3.8) is 0 Å². The molecule has 0 spiro atoms. The summed E-state index contributed by atoms with van der Waals surface area (Å²) >= 11 is 0. The molecule has 8 rings (SSSR count). The number of ether oxygens (including phenoxy) is 2. The number of halogens is 14. The number of benzene rings is 4. The summed E-state index contributed by atoms with van der Waals surface area (Å²) < 4.78 is 200. The summed E-state index contributed by atoms with van der Waals surface area (Å²) in [7, 11) is 1.58. The summed E-state index contributed by atoms with van der Waals surface area (Å²) in [5, 5.41) is 23.7. The van der Waals surface area contributed by atoms with E-state index in [2.05, 4.69) is 5.32 Å². The number of alkyl halides is 12. The lowest BCUT2D eigenvalue weighted by molar-refractivity contribution is -0.145. The van der Waals surface area contributed by atoms with E-state index in [1.54, 1.807) is 31.3 Å². The fourth-order valence-electron chi connectivity index (χ4n) is 11.3. The third kappa shape index (κ3) is 12.8. The second-order valence-electron chi connectivity index (χ2n) is 20.5. The van der Waals surface area contributed by atoms with E-state index < -0.39 is 124 Å². The van der Waals surface area contributed by atoms with Crippen molar-refractivity contribution in [1.29, 1.82) is 0 Å². The average Bonchev–Trinajstić information content (AvgIpc) is 4.04. The molecule has 2 saturated carbocycles. The molecule has 2 aliphatic carbocycles. The molecule has 410 valence electrons. The second kappa shape index (κ2) is 20.9. The third-order valence-corrected chi connectivity index (χ3v) is 15.0. The van der Waals surface area contributed by atoms with Crippen LogP contribution in [-0.2, 0) is 43.8 Å². The Hall–Kier alpha value is -5.32. The Kier molecular flexibility index (Phi) is 16.0. The molecule has 0 radical (unpaired) electrons. The number of rotatable bonds is 10. The number of likely N-dealkylation sites (N-methyl/N-ethyl adjacent to an activating group) is 1. The zero-order valence-corrected chi connectivity index (χ0v) is 40.9. The Balaban J connectivity index is 0.000000219. The number of amides is 2. The van der Waals surface area contributed by atoms with Crippen molar-refractivity contribution in [3.8, 4) is 0 Å². The lowest BCUT2D eigenvalue weighted by Crippen LogP contribution is -2.39. The van der Waals surface area contributed by atoms with Crippen LogP contribution in [0.5, 0.6) is 0 Å². The summed E-state index contributed by atoms with van der Waals surface area (Å²) in [6, 6.07) is 13.1. The molecule has 0 bridgehead atoms. The van der Waals surface area contributed by atoms with Crippen molar-refractivity contribution >= 4 is 11.8 Å². The van der Waals surface area contributed by atoms with Crippen LogP contribution in [0.2, 0.25) is 0 Å². The predicted molar refractivity (Wildman–Crippen MR) is 242 cm³/mol. The van der Waals surface area contributed by atoms with E-state index >= 15 is 0 Å². The standard InChI is InChI=1S/C27H28F7NO3.C26H26F7NO3/c1-14(16-10-17(26(29,30)31)12-18(11-16)27(32,33)34)38-22-9-8-20(21-13-25(2,37)24(36)35(21)3)23(22)15-4-6-19(28)7-5-15;1-13(15-9-16(25(28,29)30)11-17(10-15)26(31,32)33)37-21-8-7-19(20-12-24(2,36)23(35)34-20)22(21)14-3-5-18(27)6-4-14/h4-7,10-12,14,20-23,37H,8-9,13H2,1-3H3;3-6,9-11,13,19-22,36H,7-8,12H2,1-2H3,(H,34,35)/t14-,20+,21-,22+,23+,25+;13-,19+,20-,21+,22+,24-/m11/s1. The minimum absolute atomic E-state index is 0.0673. The Labute approximate surface area is 422 Å². The molecule has 4 aliphatic rings. The van der Waals surface area contributed by atoms with Crippen LogP contribution >= 0.6 is 0 Å². The molecule has 22 heteroatoms. The molecule has 2 saturated heterocycles. The average molecular weight is 1080 g/mol. The maximum absolute atomic E-state index is 13.7. The Bertz CT molecular complexity index is 2620. The zero-order valence-electron chi connectivity index (χ0n) is 40.9. The van der Waals surface area contributed by atoms with E-state index in [1.165, 1.54) is 56.9 Å². The molecular weight excluding hydrogens is 1030 g/mol. The van der Waals surface area contributed by atoms with Crippen LogP contribution in [0.15, 0.2) is 84.9 Å². The summed E-state index contributed by atoms with van der Waals surface area (Å²) in [6.07, 6.45) is -21.4. The molecular formula is C53H54F14N2O6. The van der Waals surface area contributed by atoms with Crippen molar-refractivity contribution in [3.05, 3.63) is 141 Å². The van der Waals surface area contributed by atoms with Gasteiger partial charge in [0.2, 0.25) is 0 Å². The SMILES string of the molecule is C[C@@H](O[C@H]1CC[C@@H]([C@H]2C[C@@](C)(O)C(=O)N2)[C@@H]1c1ccc(F)cc1)c1cc(C(F)(F)F)cc(C(F)(F)F)c1.C[C@@H](O[C@H]1CC[C@@H]([C@H]2C[C@](C)(O)C(=O)N2C)[C@@H]1c1ccc(F)cc1)c1cc(C(F)(F)F)cc(C(F)(F)F)c1. The summed E-state index contributed by atoms with van der Waals surface area (Å²) in [4.78, 5) is 26.2. The van der Waals surface area contributed by atoms with Gasteiger partial charge in [0.1, 0.15) is 22.8 Å². The molecule has 4 fully saturated rings. The van der Waals surface area contributed by atoms with Gasteiger partial charge in [-0.05, 0) is 148 Å². The predicted octanol–water partition coefficient (Wildman–Crippen LogP) is 12.6. The quantitative estimate of drug-likeness (QED) is 0.137. The lowest BCUT2D eigenvalue weighted by Gasteiger charge is -2.33. The van der Waals surface area contributed by atoms with Gasteiger partial charge in [-0.1, -0.05) is 24.3 Å². The molecule has 12 atom stereocenters. The summed E-state index contributed by atoms with van der Waals surface area (Å²) in [5.74, 6) is -3.33. The van der Waals surface area contributed by atoms with Crippen molar-refractivity contribution in [2.24, 2.45) is 11.8 Å². The van der Waals surface area contributed by atoms with Gasteiger partial charge in [0.15, 0.2) is 0 Å². The van der Waals surface area contributed by atoms with Crippen LogP contribution in [0.1, 0.15) is 135 Å². The minimum atomic E-state index is -4.98. The van der Waals surface area contributed by atoms with Gasteiger partial charge in [0.05, 0.1) is 46.7 Å². The number of likely N-dealkylation sites (tertiary alicyclic amines) is 1. The number of hydrogen-bond acceptors (Lipinski definition) is 6. The van der Waals surface area contributed by atoms with Crippen LogP contribution in [0.4, 0.5) is 61.5 Å². The van der Waals surface area contributed by atoms with Crippen LogP contribution in [-0.4, -0.2) is 69.5 Å². The van der Waals surface area contributed by atoms with E-state index in [-0.39, 0.29) is 54.0 Å². The summed E-state index contributed by atoms with van der Waals surface area (Å²) in [5.41, 5.74) is -8.07. The second-order valence-corrected chi connectivity index (χ2v) is 20.5. The summed E-state index contributed by atoms with van der Waals surface area (Å²) in [6.45, 7) is 5.59. The van der Waals surface area contributed by atoms with Gasteiger partial charge < -0.3 is 29.9 Å². The van der Waals surface area contributed by atoms with E-state index in [4.69, 9.17) is 9.47 Å². The highest BCUT2D eigenvalue weighted by Crippen LogP contribution is 2.51. The van der Waals surface area contributed by atoms with E-state index in [0.29, 0.717) is 61.1 Å². The Morgan fingerprint density at radius 2 is 0.920 bits per heavy atom. The molecule has 4 aromatic carbocycles. The van der Waals surface area contributed by atoms with Gasteiger partial charge in [0, 0.05) is 43.8 Å². The molecule has 0 aromatic heterocycles. The van der Waals surface area contributed by atoms with Crippen molar-refractivity contribution in [1.82, 2.24) is 10.2 Å². The molecule has 2 heterocycles. The zero-order chi connectivity index (χ0) is 55.5. The maximum Gasteiger partial charge on any atom is 0.416 e. The third-order valence-electron chi connectivity index (χ3n) is 15.0. The highest BCUT2D eigenvalue weighted by Gasteiger charge is 2.54. The molecule has 3 N–H and O–H groups in total. The molecule has 0 unspecified atom stereocenters. The van der Waals surface area contributed by atoms with Gasteiger partial charge in [-0.25, -0.2) is 8.78 Å². The van der Waals surface area contributed by atoms with Crippen molar-refractivity contribution in [2.75, 3.05) is 7.05 Å². The smallest absolute Gasteiger partial charge is 0.380 e. The normalized spacial score (nSPS) is 29.3. The first-order chi connectivity index (χ1) is 34.5. The Morgan fingerprint density at radius 3 is 1.24 bits per heavy atom. The minimum Gasteiger partial charge on any atom is -0.380 e. The van der Waals surface area contributed by atoms with E-state index in [1.807, 2.05) is 0 Å². The monoisotopic (exact) mass is 1080 g/mol.